The summed E-state index contributed by atoms with van der Waals surface area (Å²) in [6, 6.07) is 10.5. The smallest absolute Gasteiger partial charge is 0.204 e. The van der Waals surface area contributed by atoms with Gasteiger partial charge in [0.25, 0.3) is 0 Å². The molecule has 2 aromatic carbocycles. The summed E-state index contributed by atoms with van der Waals surface area (Å²) < 4.78 is 16.1. The lowest BCUT2D eigenvalue weighted by Gasteiger charge is -2.15. The maximum atomic E-state index is 12.7. The van der Waals surface area contributed by atoms with E-state index in [2.05, 4.69) is 4.98 Å². The molecule has 124 valence electrons. The Morgan fingerprint density at radius 1 is 0.917 bits per heavy atom. The SMILES string of the molecule is COc1cc2[nH]c(-c3ccc(Cl)cc3)cc(=O)c2c(OC)c1OC. The normalized spacial score (nSPS) is 10.7. The Bertz CT molecular complexity index is 948. The van der Waals surface area contributed by atoms with Crippen LogP contribution in [-0.4, -0.2) is 26.3 Å². The molecule has 3 rings (SSSR count). The number of methoxy groups -OCH3 is 3. The molecule has 0 radical (unpaired) electrons. The van der Waals surface area contributed by atoms with Crippen LogP contribution in [-0.2, 0) is 0 Å². The van der Waals surface area contributed by atoms with E-state index in [0.717, 1.165) is 5.56 Å². The van der Waals surface area contributed by atoms with Gasteiger partial charge >= 0.3 is 0 Å². The third kappa shape index (κ3) is 2.67. The number of aromatic nitrogens is 1. The monoisotopic (exact) mass is 345 g/mol. The van der Waals surface area contributed by atoms with Gasteiger partial charge in [-0.25, -0.2) is 0 Å². The van der Waals surface area contributed by atoms with Gasteiger partial charge in [0.05, 0.1) is 32.2 Å². The van der Waals surface area contributed by atoms with Gasteiger partial charge in [-0.05, 0) is 17.7 Å². The van der Waals surface area contributed by atoms with Crippen LogP contribution in [0.5, 0.6) is 17.2 Å². The molecule has 0 bridgehead atoms. The number of H-pyrrole nitrogens is 1. The number of hydrogen-bond acceptors (Lipinski definition) is 4. The molecular weight excluding hydrogens is 330 g/mol. The highest BCUT2D eigenvalue weighted by Gasteiger charge is 2.19. The highest BCUT2D eigenvalue weighted by molar-refractivity contribution is 6.30. The summed E-state index contributed by atoms with van der Waals surface area (Å²) in [6.07, 6.45) is 0. The summed E-state index contributed by atoms with van der Waals surface area (Å²) in [5.74, 6) is 1.21. The molecule has 0 saturated heterocycles. The molecule has 1 heterocycles. The molecule has 0 amide bonds. The van der Waals surface area contributed by atoms with E-state index in [1.807, 2.05) is 12.1 Å². The minimum atomic E-state index is -0.175. The maximum absolute atomic E-state index is 12.7. The van der Waals surface area contributed by atoms with Crippen LogP contribution in [0.4, 0.5) is 0 Å². The van der Waals surface area contributed by atoms with E-state index >= 15 is 0 Å². The molecule has 0 atom stereocenters. The van der Waals surface area contributed by atoms with Gasteiger partial charge in [-0.3, -0.25) is 4.79 Å². The van der Waals surface area contributed by atoms with E-state index in [-0.39, 0.29) is 5.43 Å². The molecule has 0 spiro atoms. The van der Waals surface area contributed by atoms with Crippen LogP contribution in [0.1, 0.15) is 0 Å². The third-order valence-electron chi connectivity index (χ3n) is 3.78. The molecule has 0 unspecified atom stereocenters. The summed E-state index contributed by atoms with van der Waals surface area (Å²) in [6.45, 7) is 0. The fraction of sp³-hybridized carbons (Fsp3) is 0.167. The van der Waals surface area contributed by atoms with Crippen LogP contribution < -0.4 is 19.6 Å². The molecule has 0 aliphatic carbocycles. The number of hydrogen-bond donors (Lipinski definition) is 1. The summed E-state index contributed by atoms with van der Waals surface area (Å²) in [4.78, 5) is 15.9. The molecule has 0 saturated carbocycles. The van der Waals surface area contributed by atoms with Crippen molar-refractivity contribution in [3.8, 4) is 28.5 Å². The van der Waals surface area contributed by atoms with Gasteiger partial charge in [-0.1, -0.05) is 23.7 Å². The van der Waals surface area contributed by atoms with Crippen molar-refractivity contribution in [3.05, 3.63) is 51.6 Å². The number of benzene rings is 2. The Hall–Kier alpha value is -2.66. The number of nitrogens with one attached hydrogen (secondary N) is 1. The number of pyridine rings is 1. The lowest BCUT2D eigenvalue weighted by molar-refractivity contribution is 0.327. The molecule has 24 heavy (non-hydrogen) atoms. The van der Waals surface area contributed by atoms with Crippen LogP contribution in [0, 0.1) is 0 Å². The van der Waals surface area contributed by atoms with Crippen LogP contribution >= 0.6 is 11.6 Å². The molecule has 1 N–H and O–H groups in total. The van der Waals surface area contributed by atoms with Crippen LogP contribution in [0.15, 0.2) is 41.2 Å². The Kier molecular flexibility index (Phi) is 4.36. The quantitative estimate of drug-likeness (QED) is 0.779. The van der Waals surface area contributed by atoms with Gasteiger partial charge in [-0.15, -0.1) is 0 Å². The molecule has 0 fully saturated rings. The first-order valence-electron chi connectivity index (χ1n) is 7.21. The van der Waals surface area contributed by atoms with E-state index in [4.69, 9.17) is 25.8 Å². The fourth-order valence-corrected chi connectivity index (χ4v) is 2.79. The van der Waals surface area contributed by atoms with Gasteiger partial charge in [0, 0.05) is 22.8 Å². The van der Waals surface area contributed by atoms with Gasteiger partial charge < -0.3 is 19.2 Å². The molecule has 5 nitrogen and oxygen atoms in total. The lowest BCUT2D eigenvalue weighted by Crippen LogP contribution is -2.07. The van der Waals surface area contributed by atoms with Gasteiger partial charge in [0.2, 0.25) is 5.75 Å². The first-order chi connectivity index (χ1) is 11.6. The first-order valence-corrected chi connectivity index (χ1v) is 7.58. The van der Waals surface area contributed by atoms with Crippen molar-refractivity contribution in [2.75, 3.05) is 21.3 Å². The Morgan fingerprint density at radius 3 is 2.17 bits per heavy atom. The van der Waals surface area contributed by atoms with E-state index in [1.165, 1.54) is 27.4 Å². The topological polar surface area (TPSA) is 60.6 Å². The van der Waals surface area contributed by atoms with Crippen molar-refractivity contribution >= 4 is 22.5 Å². The van der Waals surface area contributed by atoms with Crippen molar-refractivity contribution < 1.29 is 14.2 Å². The van der Waals surface area contributed by atoms with E-state index < -0.39 is 0 Å². The Balaban J connectivity index is 2.32. The highest BCUT2D eigenvalue weighted by Crippen LogP contribution is 2.41. The number of ether oxygens (including phenoxy) is 3. The van der Waals surface area contributed by atoms with Crippen molar-refractivity contribution in [1.29, 1.82) is 0 Å². The standard InChI is InChI=1S/C18H16ClNO4/c1-22-15-9-13-16(18(24-3)17(15)23-2)14(21)8-12(20-13)10-4-6-11(19)7-5-10/h4-9H,1-3H3,(H,20,21). The second-order valence-corrected chi connectivity index (χ2v) is 5.56. The van der Waals surface area contributed by atoms with E-state index in [1.54, 1.807) is 18.2 Å². The average Bonchev–Trinajstić information content (AvgIpc) is 2.60. The van der Waals surface area contributed by atoms with Crippen molar-refractivity contribution in [1.82, 2.24) is 4.98 Å². The Labute approximate surface area is 143 Å². The second kappa shape index (κ2) is 6.45. The lowest BCUT2D eigenvalue weighted by atomic mass is 10.1. The van der Waals surface area contributed by atoms with Gasteiger partial charge in [-0.2, -0.15) is 0 Å². The van der Waals surface area contributed by atoms with Crippen molar-refractivity contribution in [3.63, 3.8) is 0 Å². The minimum absolute atomic E-state index is 0.175. The molecule has 0 aliphatic heterocycles. The summed E-state index contributed by atoms with van der Waals surface area (Å²) in [5, 5.41) is 1.04. The molecule has 6 heteroatoms. The van der Waals surface area contributed by atoms with Crippen molar-refractivity contribution in [2.24, 2.45) is 0 Å². The van der Waals surface area contributed by atoms with Gasteiger partial charge in [0.15, 0.2) is 16.9 Å². The van der Waals surface area contributed by atoms with E-state index in [0.29, 0.717) is 38.9 Å². The third-order valence-corrected chi connectivity index (χ3v) is 4.03. The predicted molar refractivity (Wildman–Crippen MR) is 94.7 cm³/mol. The molecule has 0 aliphatic rings. The second-order valence-electron chi connectivity index (χ2n) is 5.12. The fourth-order valence-electron chi connectivity index (χ4n) is 2.67. The van der Waals surface area contributed by atoms with Crippen LogP contribution in [0.3, 0.4) is 0 Å². The highest BCUT2D eigenvalue weighted by atomic mass is 35.5. The largest absolute Gasteiger partial charge is 0.493 e. The summed E-state index contributed by atoms with van der Waals surface area (Å²) in [7, 11) is 4.52. The number of fused-ring (bicyclic) bond motifs is 1. The van der Waals surface area contributed by atoms with Crippen LogP contribution in [0.25, 0.3) is 22.2 Å². The van der Waals surface area contributed by atoms with Gasteiger partial charge in [0.1, 0.15) is 0 Å². The predicted octanol–water partition coefficient (Wildman–Crippen LogP) is 3.87. The zero-order valence-corrected chi connectivity index (χ0v) is 14.2. The average molecular weight is 346 g/mol. The van der Waals surface area contributed by atoms with Crippen LogP contribution in [0.2, 0.25) is 5.02 Å². The molecule has 3 aromatic rings. The molecular formula is C18H16ClNO4. The number of rotatable bonds is 4. The van der Waals surface area contributed by atoms with E-state index in [9.17, 15) is 4.79 Å². The zero-order chi connectivity index (χ0) is 17.3. The summed E-state index contributed by atoms with van der Waals surface area (Å²) in [5.41, 5.74) is 1.96. The van der Waals surface area contributed by atoms with Crippen molar-refractivity contribution in [2.45, 2.75) is 0 Å². The minimum Gasteiger partial charge on any atom is -0.493 e. The Morgan fingerprint density at radius 2 is 1.58 bits per heavy atom. The number of aromatic amines is 1. The number of halogens is 1. The zero-order valence-electron chi connectivity index (χ0n) is 13.5. The molecule has 1 aromatic heterocycles. The first kappa shape index (κ1) is 16.2. The maximum Gasteiger partial charge on any atom is 0.204 e. The summed E-state index contributed by atoms with van der Waals surface area (Å²) >= 11 is 5.92.